The Morgan fingerprint density at radius 2 is 1.87 bits per heavy atom. The highest BCUT2D eigenvalue weighted by Gasteiger charge is 2.42. The van der Waals surface area contributed by atoms with Gasteiger partial charge in [-0.15, -0.1) is 0 Å². The number of alkyl halides is 3. The smallest absolute Gasteiger partial charge is 0.472 e. The zero-order valence-corrected chi connectivity index (χ0v) is 12.6. The first-order valence-corrected chi connectivity index (χ1v) is 7.17. The zero-order chi connectivity index (χ0) is 17.2. The van der Waals surface area contributed by atoms with Crippen LogP contribution in [0.2, 0.25) is 5.02 Å². The van der Waals surface area contributed by atoms with Crippen LogP contribution < -0.4 is 5.43 Å². The number of hydrogen-bond donors (Lipinski definition) is 2. The van der Waals surface area contributed by atoms with E-state index < -0.39 is 24.0 Å². The Morgan fingerprint density at radius 1 is 1.26 bits per heavy atom. The SMILES string of the molecule is O=C(O)C1CN(NC(=O)C(F)(F)F)CC[C@H]1c1ccc(Cl)cc1. The second-order valence-corrected chi connectivity index (χ2v) is 5.71. The lowest BCUT2D eigenvalue weighted by Crippen LogP contribution is -2.54. The molecule has 23 heavy (non-hydrogen) atoms. The number of rotatable bonds is 3. The van der Waals surface area contributed by atoms with Crippen molar-refractivity contribution in [3.05, 3.63) is 34.9 Å². The molecule has 1 aliphatic heterocycles. The normalized spacial score (nSPS) is 22.6. The summed E-state index contributed by atoms with van der Waals surface area (Å²) in [6.45, 7) is -0.0800. The zero-order valence-electron chi connectivity index (χ0n) is 11.8. The number of benzene rings is 1. The van der Waals surface area contributed by atoms with E-state index in [9.17, 15) is 27.9 Å². The molecule has 0 radical (unpaired) electrons. The van der Waals surface area contributed by atoms with Crippen LogP contribution in [0.5, 0.6) is 0 Å². The van der Waals surface area contributed by atoms with Gasteiger partial charge in [0.2, 0.25) is 0 Å². The van der Waals surface area contributed by atoms with Gasteiger partial charge < -0.3 is 5.11 Å². The summed E-state index contributed by atoms with van der Waals surface area (Å²) in [7, 11) is 0. The predicted molar refractivity (Wildman–Crippen MR) is 75.7 cm³/mol. The lowest BCUT2D eigenvalue weighted by molar-refractivity contribution is -0.180. The first-order valence-electron chi connectivity index (χ1n) is 6.79. The molecule has 2 rings (SSSR count). The first-order chi connectivity index (χ1) is 10.7. The van der Waals surface area contributed by atoms with E-state index in [1.54, 1.807) is 29.7 Å². The van der Waals surface area contributed by atoms with Crippen LogP contribution >= 0.6 is 11.6 Å². The molecule has 1 aliphatic rings. The van der Waals surface area contributed by atoms with Gasteiger partial charge in [-0.1, -0.05) is 23.7 Å². The molecule has 9 heteroatoms. The molecular formula is C14H14ClF3N2O3. The van der Waals surface area contributed by atoms with Gasteiger partial charge in [0.05, 0.1) is 5.92 Å². The highest BCUT2D eigenvalue weighted by molar-refractivity contribution is 6.30. The number of carbonyl (C=O) groups is 2. The highest BCUT2D eigenvalue weighted by Crippen LogP contribution is 2.33. The number of hydrazine groups is 1. The van der Waals surface area contributed by atoms with Crippen LogP contribution in [0.3, 0.4) is 0 Å². The quantitative estimate of drug-likeness (QED) is 0.878. The number of carboxylic acids is 1. The number of carbonyl (C=O) groups excluding carboxylic acids is 1. The summed E-state index contributed by atoms with van der Waals surface area (Å²) in [5.41, 5.74) is 2.46. The van der Waals surface area contributed by atoms with Crippen molar-refractivity contribution in [1.29, 1.82) is 0 Å². The second kappa shape index (κ2) is 6.76. The van der Waals surface area contributed by atoms with E-state index in [0.717, 1.165) is 10.6 Å². The summed E-state index contributed by atoms with van der Waals surface area (Å²) < 4.78 is 36.8. The number of nitrogens with one attached hydrogen (secondary N) is 1. The number of hydrogen-bond acceptors (Lipinski definition) is 3. The van der Waals surface area contributed by atoms with Crippen molar-refractivity contribution in [2.75, 3.05) is 13.1 Å². The molecule has 2 atom stereocenters. The Kier molecular flexibility index (Phi) is 5.16. The number of aliphatic carboxylic acids is 1. The Labute approximate surface area is 135 Å². The first kappa shape index (κ1) is 17.6. The maximum Gasteiger partial charge on any atom is 0.472 e. The summed E-state index contributed by atoms with van der Waals surface area (Å²) in [4.78, 5) is 22.4. The molecule has 126 valence electrons. The number of nitrogens with zero attached hydrogens (tertiary/aromatic N) is 1. The maximum absolute atomic E-state index is 12.3. The van der Waals surface area contributed by atoms with E-state index in [-0.39, 0.29) is 19.0 Å². The Morgan fingerprint density at radius 3 is 2.39 bits per heavy atom. The minimum absolute atomic E-state index is 0.124. The van der Waals surface area contributed by atoms with Gasteiger partial charge in [0.15, 0.2) is 0 Å². The fourth-order valence-electron chi connectivity index (χ4n) is 2.62. The van der Waals surface area contributed by atoms with E-state index >= 15 is 0 Å². The van der Waals surface area contributed by atoms with Crippen molar-refractivity contribution in [3.8, 4) is 0 Å². The monoisotopic (exact) mass is 350 g/mol. The Balaban J connectivity index is 2.10. The summed E-state index contributed by atoms with van der Waals surface area (Å²) >= 11 is 5.79. The van der Waals surface area contributed by atoms with E-state index in [1.807, 2.05) is 0 Å². The third kappa shape index (κ3) is 4.35. The molecule has 0 spiro atoms. The third-order valence-electron chi connectivity index (χ3n) is 3.75. The average Bonchev–Trinajstić information content (AvgIpc) is 2.47. The van der Waals surface area contributed by atoms with Gasteiger partial charge in [-0.25, -0.2) is 5.01 Å². The molecule has 1 amide bonds. The molecule has 1 aromatic rings. The van der Waals surface area contributed by atoms with Gasteiger partial charge in [-0.2, -0.15) is 13.2 Å². The molecule has 0 aromatic heterocycles. The largest absolute Gasteiger partial charge is 0.481 e. The van der Waals surface area contributed by atoms with Gasteiger partial charge in [-0.3, -0.25) is 15.0 Å². The number of piperidine rings is 1. The number of carboxylic acid groups (broad SMARTS) is 1. The van der Waals surface area contributed by atoms with Crippen molar-refractivity contribution in [2.24, 2.45) is 5.92 Å². The van der Waals surface area contributed by atoms with Crippen molar-refractivity contribution in [3.63, 3.8) is 0 Å². The van der Waals surface area contributed by atoms with Crippen LogP contribution in [-0.4, -0.2) is 41.3 Å². The van der Waals surface area contributed by atoms with Crippen LogP contribution in [0, 0.1) is 5.92 Å². The molecule has 0 bridgehead atoms. The highest BCUT2D eigenvalue weighted by atomic mass is 35.5. The van der Waals surface area contributed by atoms with Gasteiger partial charge in [0.25, 0.3) is 0 Å². The van der Waals surface area contributed by atoms with E-state index in [2.05, 4.69) is 0 Å². The molecule has 0 saturated carbocycles. The van der Waals surface area contributed by atoms with Crippen LogP contribution in [0.4, 0.5) is 13.2 Å². The summed E-state index contributed by atoms with van der Waals surface area (Å²) in [6.07, 6.45) is -4.71. The molecular weight excluding hydrogens is 337 g/mol. The molecule has 1 heterocycles. The predicted octanol–water partition coefficient (Wildman–Crippen LogP) is 2.42. The van der Waals surface area contributed by atoms with Crippen molar-refractivity contribution >= 4 is 23.5 Å². The third-order valence-corrected chi connectivity index (χ3v) is 4.00. The van der Waals surface area contributed by atoms with E-state index in [4.69, 9.17) is 11.6 Å². The van der Waals surface area contributed by atoms with E-state index in [0.29, 0.717) is 11.4 Å². The fourth-order valence-corrected chi connectivity index (χ4v) is 2.75. The Bertz CT molecular complexity index is 592. The topological polar surface area (TPSA) is 69.6 Å². The average molecular weight is 351 g/mol. The molecule has 2 N–H and O–H groups in total. The summed E-state index contributed by atoms with van der Waals surface area (Å²) in [5.74, 6) is -4.52. The van der Waals surface area contributed by atoms with Crippen LogP contribution in [0.15, 0.2) is 24.3 Å². The minimum atomic E-state index is -5.01. The van der Waals surface area contributed by atoms with Crippen molar-refractivity contribution in [2.45, 2.75) is 18.5 Å². The van der Waals surface area contributed by atoms with Gasteiger partial charge in [-0.05, 0) is 30.0 Å². The van der Waals surface area contributed by atoms with Crippen molar-refractivity contribution < 1.29 is 27.9 Å². The lowest BCUT2D eigenvalue weighted by Gasteiger charge is -2.36. The van der Waals surface area contributed by atoms with Gasteiger partial charge in [0.1, 0.15) is 0 Å². The molecule has 1 saturated heterocycles. The fraction of sp³-hybridized carbons (Fsp3) is 0.429. The van der Waals surface area contributed by atoms with E-state index in [1.165, 1.54) is 0 Å². The summed E-state index contributed by atoms with van der Waals surface area (Å²) in [6, 6.07) is 6.67. The molecule has 1 unspecified atom stereocenters. The van der Waals surface area contributed by atoms with Crippen LogP contribution in [0.25, 0.3) is 0 Å². The second-order valence-electron chi connectivity index (χ2n) is 5.28. The minimum Gasteiger partial charge on any atom is -0.481 e. The summed E-state index contributed by atoms with van der Waals surface area (Å²) in [5, 5.41) is 10.9. The van der Waals surface area contributed by atoms with Gasteiger partial charge in [0, 0.05) is 18.1 Å². The molecule has 0 aliphatic carbocycles. The van der Waals surface area contributed by atoms with Crippen molar-refractivity contribution in [1.82, 2.24) is 10.4 Å². The maximum atomic E-state index is 12.3. The van der Waals surface area contributed by atoms with Gasteiger partial charge >= 0.3 is 18.1 Å². The number of amides is 1. The number of halogens is 4. The van der Waals surface area contributed by atoms with Crippen LogP contribution in [0.1, 0.15) is 17.9 Å². The Hall–Kier alpha value is -1.80. The lowest BCUT2D eigenvalue weighted by atomic mass is 9.81. The van der Waals surface area contributed by atoms with Crippen LogP contribution in [-0.2, 0) is 9.59 Å². The molecule has 5 nitrogen and oxygen atoms in total. The standard InChI is InChI=1S/C14H14ClF3N2O3/c15-9-3-1-8(2-4-9)10-5-6-20(7-11(10)12(21)22)19-13(23)14(16,17)18/h1-4,10-11H,5-7H2,(H,19,23)(H,21,22)/t10-,11?/m0/s1. The molecule has 1 fully saturated rings. The molecule has 1 aromatic carbocycles.